The Morgan fingerprint density at radius 1 is 1.00 bits per heavy atom. The predicted octanol–water partition coefficient (Wildman–Crippen LogP) is 7.08. The van der Waals surface area contributed by atoms with Crippen molar-refractivity contribution < 1.29 is 4.74 Å². The summed E-state index contributed by atoms with van der Waals surface area (Å²) in [6.07, 6.45) is 2.05. The van der Waals surface area contributed by atoms with Crippen molar-refractivity contribution >= 4 is 35.7 Å². The van der Waals surface area contributed by atoms with Crippen molar-refractivity contribution in [1.29, 1.82) is 5.26 Å². The summed E-state index contributed by atoms with van der Waals surface area (Å²) in [4.78, 5) is 5.12. The van der Waals surface area contributed by atoms with Gasteiger partial charge in [0.15, 0.2) is 0 Å². The minimum atomic E-state index is -1.16. The highest BCUT2D eigenvalue weighted by Crippen LogP contribution is 2.31. The number of rotatable bonds is 9. The van der Waals surface area contributed by atoms with E-state index in [1.54, 1.807) is 0 Å². The van der Waals surface area contributed by atoms with Gasteiger partial charge in [0.2, 0.25) is 0 Å². The molecule has 0 radical (unpaired) electrons. The first kappa shape index (κ1) is 24.8. The van der Waals surface area contributed by atoms with Gasteiger partial charge >= 0.3 is 0 Å². The van der Waals surface area contributed by atoms with Gasteiger partial charge in [-0.25, -0.2) is 4.98 Å². The maximum Gasteiger partial charge on any atom is 0.146 e. The van der Waals surface area contributed by atoms with E-state index >= 15 is 0 Å². The van der Waals surface area contributed by atoms with Crippen LogP contribution >= 0.6 is 0 Å². The third-order valence-corrected chi connectivity index (χ3v) is 8.35. The average molecular weight is 508 g/mol. The first-order chi connectivity index (χ1) is 17.8. The molecule has 188 valence electrons. The van der Waals surface area contributed by atoms with E-state index in [1.165, 1.54) is 5.56 Å². The number of ether oxygens (including phenoxy) is 1. The summed E-state index contributed by atoms with van der Waals surface area (Å²) < 4.78 is 10.3. The van der Waals surface area contributed by atoms with Crippen LogP contribution in [0.2, 0.25) is 25.7 Å². The van der Waals surface area contributed by atoms with Crippen LogP contribution in [0.3, 0.4) is 0 Å². The van der Waals surface area contributed by atoms with Crippen molar-refractivity contribution in [3.05, 3.63) is 89.7 Å². The molecule has 0 saturated carbocycles. The number of aryl methyl sites for hydroxylation is 1. The monoisotopic (exact) mass is 507 g/mol. The first-order valence-corrected chi connectivity index (χ1v) is 16.4. The van der Waals surface area contributed by atoms with Crippen LogP contribution in [0.5, 0.6) is 0 Å². The molecule has 3 heterocycles. The average Bonchev–Trinajstić information content (AvgIpc) is 3.45. The zero-order valence-electron chi connectivity index (χ0n) is 22.0. The van der Waals surface area contributed by atoms with Gasteiger partial charge in [-0.3, -0.25) is 4.57 Å². The maximum absolute atomic E-state index is 9.63. The van der Waals surface area contributed by atoms with E-state index in [0.717, 1.165) is 51.8 Å². The van der Waals surface area contributed by atoms with Crippen LogP contribution in [-0.4, -0.2) is 28.8 Å². The van der Waals surface area contributed by atoms with Gasteiger partial charge in [-0.15, -0.1) is 0 Å². The molecule has 3 aromatic heterocycles. The summed E-state index contributed by atoms with van der Waals surface area (Å²) in [5.74, 6) is 0.813. The summed E-state index contributed by atoms with van der Waals surface area (Å²) in [7, 11) is -1.16. The second-order valence-electron chi connectivity index (χ2n) is 10.7. The quantitative estimate of drug-likeness (QED) is 0.171. The molecule has 0 spiro atoms. The Kier molecular flexibility index (Phi) is 6.87. The lowest BCUT2D eigenvalue weighted by Crippen LogP contribution is -2.22. The largest absolute Gasteiger partial charge is 0.380 e. The minimum absolute atomic E-state index is 0.465. The van der Waals surface area contributed by atoms with E-state index in [0.29, 0.717) is 18.8 Å². The minimum Gasteiger partial charge on any atom is -0.380 e. The molecular weight excluding hydrogens is 474 g/mol. The number of pyridine rings is 1. The van der Waals surface area contributed by atoms with Crippen molar-refractivity contribution in [3.8, 4) is 11.9 Å². The van der Waals surface area contributed by atoms with Crippen LogP contribution in [0, 0.1) is 18.3 Å². The highest BCUT2D eigenvalue weighted by Gasteiger charge is 2.17. The van der Waals surface area contributed by atoms with Gasteiger partial charge in [-0.2, -0.15) is 5.26 Å². The van der Waals surface area contributed by atoms with Crippen LogP contribution in [0.15, 0.2) is 72.9 Å². The molecule has 0 fully saturated rings. The van der Waals surface area contributed by atoms with Crippen LogP contribution in [-0.2, 0) is 18.0 Å². The smallest absolute Gasteiger partial charge is 0.146 e. The molecule has 0 saturated heterocycles. The highest BCUT2D eigenvalue weighted by molar-refractivity contribution is 6.76. The lowest BCUT2D eigenvalue weighted by molar-refractivity contribution is 0.0899. The maximum atomic E-state index is 9.63. The highest BCUT2D eigenvalue weighted by atomic mass is 28.3. The fourth-order valence-electron chi connectivity index (χ4n) is 4.61. The number of fused-ring (bicyclic) bond motifs is 2. The van der Waals surface area contributed by atoms with E-state index in [9.17, 15) is 5.26 Å². The Balaban J connectivity index is 1.57. The number of benzene rings is 2. The molecule has 0 aliphatic rings. The Morgan fingerprint density at radius 2 is 1.81 bits per heavy atom. The second kappa shape index (κ2) is 10.2. The molecule has 0 atom stereocenters. The van der Waals surface area contributed by atoms with E-state index in [-0.39, 0.29) is 0 Å². The van der Waals surface area contributed by atoms with Crippen molar-refractivity contribution in [1.82, 2.24) is 14.1 Å². The topological polar surface area (TPSA) is 67.8 Å². The number of nitrogens with one attached hydrogen (secondary N) is 1. The Hall–Kier alpha value is -3.86. The lowest BCUT2D eigenvalue weighted by atomic mass is 10.1. The fourth-order valence-corrected chi connectivity index (χ4v) is 5.37. The SMILES string of the molecule is Cc1cc2c(C#N)cccc2n1-c1cc(NCc2ccccc2)c2ccn(COCC[Si](C)(C)C)c2n1. The molecule has 0 unspecified atom stereocenters. The Bertz CT molecular complexity index is 1590. The third kappa shape index (κ3) is 5.31. The molecule has 5 aromatic rings. The number of hydrogen-bond donors (Lipinski definition) is 1. The van der Waals surface area contributed by atoms with Crippen LogP contribution in [0.4, 0.5) is 5.69 Å². The molecule has 0 aliphatic carbocycles. The van der Waals surface area contributed by atoms with Gasteiger partial charge in [-0.05, 0) is 42.8 Å². The van der Waals surface area contributed by atoms with Crippen molar-refractivity contribution in [2.24, 2.45) is 0 Å². The normalized spacial score (nSPS) is 11.8. The number of anilines is 1. The van der Waals surface area contributed by atoms with Gasteiger partial charge in [0, 0.05) is 55.6 Å². The standard InChI is InChI=1S/C30H33N5OSi/c1-22-17-26-24(19-31)11-8-12-28(26)35(22)29-18-27(32-20-23-9-6-5-7-10-23)25-13-14-34(30(25)33-29)21-36-15-16-37(2,3)4/h5-14,17-18H,15-16,20-21H2,1-4H3,(H,32,33). The molecule has 6 nitrogen and oxygen atoms in total. The van der Waals surface area contributed by atoms with E-state index in [2.05, 4.69) is 95.7 Å². The molecule has 0 aliphatic heterocycles. The van der Waals surface area contributed by atoms with Crippen LogP contribution in [0.1, 0.15) is 16.8 Å². The molecule has 0 amide bonds. The third-order valence-electron chi connectivity index (χ3n) is 6.65. The van der Waals surface area contributed by atoms with Crippen LogP contribution in [0.25, 0.3) is 27.8 Å². The van der Waals surface area contributed by atoms with E-state index in [1.807, 2.05) is 24.3 Å². The van der Waals surface area contributed by atoms with Crippen molar-refractivity contribution in [3.63, 3.8) is 0 Å². The lowest BCUT2D eigenvalue weighted by Gasteiger charge is -2.16. The summed E-state index contributed by atoms with van der Waals surface area (Å²) >= 11 is 0. The molecule has 2 aromatic carbocycles. The van der Waals surface area contributed by atoms with E-state index in [4.69, 9.17) is 9.72 Å². The first-order valence-electron chi connectivity index (χ1n) is 12.7. The molecule has 0 bridgehead atoms. The van der Waals surface area contributed by atoms with Gasteiger partial charge < -0.3 is 14.6 Å². The number of nitriles is 1. The number of hydrogen-bond acceptors (Lipinski definition) is 4. The summed E-state index contributed by atoms with van der Waals surface area (Å²) in [6, 6.07) is 26.0. The summed E-state index contributed by atoms with van der Waals surface area (Å²) in [5, 5.41) is 15.3. The van der Waals surface area contributed by atoms with E-state index < -0.39 is 8.07 Å². The molecule has 37 heavy (non-hydrogen) atoms. The van der Waals surface area contributed by atoms with Crippen molar-refractivity contribution in [2.75, 3.05) is 11.9 Å². The molecule has 1 N–H and O–H groups in total. The Morgan fingerprint density at radius 3 is 2.57 bits per heavy atom. The van der Waals surface area contributed by atoms with Crippen molar-refractivity contribution in [2.45, 2.75) is 45.9 Å². The zero-order valence-corrected chi connectivity index (χ0v) is 23.0. The number of aromatic nitrogens is 3. The molecule has 7 heteroatoms. The zero-order chi connectivity index (χ0) is 26.0. The van der Waals surface area contributed by atoms with Gasteiger partial charge in [0.1, 0.15) is 18.2 Å². The van der Waals surface area contributed by atoms with Gasteiger partial charge in [-0.1, -0.05) is 56.0 Å². The van der Waals surface area contributed by atoms with Gasteiger partial charge in [0.25, 0.3) is 0 Å². The molecule has 5 rings (SSSR count). The summed E-state index contributed by atoms with van der Waals surface area (Å²) in [5.41, 5.74) is 5.78. The van der Waals surface area contributed by atoms with Gasteiger partial charge in [0.05, 0.1) is 17.1 Å². The fraction of sp³-hybridized carbons (Fsp3) is 0.267. The summed E-state index contributed by atoms with van der Waals surface area (Å²) in [6.45, 7) is 11.1. The Labute approximate surface area is 219 Å². The predicted molar refractivity (Wildman–Crippen MR) is 154 cm³/mol. The number of nitrogens with zero attached hydrogens (tertiary/aromatic N) is 4. The molecular formula is C30H33N5OSi. The van der Waals surface area contributed by atoms with Crippen LogP contribution < -0.4 is 5.32 Å². The second-order valence-corrected chi connectivity index (χ2v) is 16.3.